The number of carbonyl (C=O) groups excluding carboxylic acids is 1. The first-order valence-electron chi connectivity index (χ1n) is 9.11. The van der Waals surface area contributed by atoms with Crippen LogP contribution in [0.2, 0.25) is 0 Å². The highest BCUT2D eigenvalue weighted by Crippen LogP contribution is 2.51. The zero-order valence-corrected chi connectivity index (χ0v) is 14.5. The maximum absolute atomic E-state index is 11.9. The third-order valence-electron chi connectivity index (χ3n) is 5.70. The summed E-state index contributed by atoms with van der Waals surface area (Å²) in [7, 11) is 0. The SMILES string of the molecule is CCC(O)CCCCC1CCC2(CC3OC(=O)C(C)(C)C3O2)O1. The third-order valence-corrected chi connectivity index (χ3v) is 5.70. The lowest BCUT2D eigenvalue weighted by molar-refractivity contribution is -0.228. The van der Waals surface area contributed by atoms with Crippen LogP contribution >= 0.6 is 0 Å². The fourth-order valence-electron chi connectivity index (χ4n) is 4.09. The topological polar surface area (TPSA) is 65.0 Å². The van der Waals surface area contributed by atoms with Crippen molar-refractivity contribution in [3.63, 3.8) is 0 Å². The molecule has 3 aliphatic heterocycles. The van der Waals surface area contributed by atoms with Crippen molar-refractivity contribution >= 4 is 5.97 Å². The van der Waals surface area contributed by atoms with E-state index in [4.69, 9.17) is 14.2 Å². The van der Waals surface area contributed by atoms with Gasteiger partial charge in [-0.1, -0.05) is 19.8 Å². The monoisotopic (exact) mass is 326 g/mol. The third kappa shape index (κ3) is 3.28. The predicted molar refractivity (Wildman–Crippen MR) is 84.8 cm³/mol. The molecule has 3 fully saturated rings. The molecule has 132 valence electrons. The standard InChI is InChI=1S/C18H30O5/c1-4-12(19)7-5-6-8-13-9-10-18(22-13)11-14-15(23-18)17(2,3)16(20)21-14/h12-15,19H,4-11H2,1-3H3. The summed E-state index contributed by atoms with van der Waals surface area (Å²) in [6, 6.07) is 0. The van der Waals surface area contributed by atoms with Gasteiger partial charge in [0, 0.05) is 12.8 Å². The molecular weight excluding hydrogens is 296 g/mol. The van der Waals surface area contributed by atoms with Gasteiger partial charge in [0.15, 0.2) is 5.79 Å². The lowest BCUT2D eigenvalue weighted by Gasteiger charge is -2.28. The highest BCUT2D eigenvalue weighted by Gasteiger charge is 2.63. The van der Waals surface area contributed by atoms with Crippen molar-refractivity contribution in [3.8, 4) is 0 Å². The van der Waals surface area contributed by atoms with Crippen LogP contribution in [0.4, 0.5) is 0 Å². The number of rotatable bonds is 6. The van der Waals surface area contributed by atoms with E-state index in [1.54, 1.807) is 0 Å². The molecule has 0 aromatic carbocycles. The molecule has 5 atom stereocenters. The Morgan fingerprint density at radius 3 is 2.78 bits per heavy atom. The molecule has 0 radical (unpaired) electrons. The molecule has 23 heavy (non-hydrogen) atoms. The normalized spacial score (nSPS) is 39.7. The smallest absolute Gasteiger partial charge is 0.314 e. The van der Waals surface area contributed by atoms with E-state index in [9.17, 15) is 9.90 Å². The van der Waals surface area contributed by atoms with Crippen LogP contribution in [-0.2, 0) is 19.0 Å². The molecule has 0 aromatic heterocycles. The molecule has 5 heteroatoms. The van der Waals surface area contributed by atoms with Crippen LogP contribution in [0.15, 0.2) is 0 Å². The van der Waals surface area contributed by atoms with E-state index < -0.39 is 11.2 Å². The van der Waals surface area contributed by atoms with Crippen LogP contribution in [-0.4, -0.2) is 41.3 Å². The first kappa shape index (κ1) is 17.2. The van der Waals surface area contributed by atoms with Crippen LogP contribution in [0.1, 0.15) is 72.1 Å². The number of fused-ring (bicyclic) bond motifs is 1. The van der Waals surface area contributed by atoms with E-state index in [0.717, 1.165) is 44.9 Å². The molecule has 0 saturated carbocycles. The fourth-order valence-corrected chi connectivity index (χ4v) is 4.09. The van der Waals surface area contributed by atoms with E-state index in [2.05, 4.69) is 0 Å². The maximum Gasteiger partial charge on any atom is 0.314 e. The van der Waals surface area contributed by atoms with E-state index in [1.165, 1.54) is 0 Å². The molecule has 5 unspecified atom stereocenters. The van der Waals surface area contributed by atoms with Gasteiger partial charge in [-0.15, -0.1) is 0 Å². The van der Waals surface area contributed by atoms with Crippen molar-refractivity contribution in [3.05, 3.63) is 0 Å². The van der Waals surface area contributed by atoms with E-state index in [0.29, 0.717) is 6.42 Å². The van der Waals surface area contributed by atoms with E-state index in [-0.39, 0.29) is 30.4 Å². The second-order valence-corrected chi connectivity index (χ2v) is 7.94. The number of carbonyl (C=O) groups is 1. The number of unbranched alkanes of at least 4 members (excludes halogenated alkanes) is 1. The molecule has 3 heterocycles. The van der Waals surface area contributed by atoms with Gasteiger partial charge >= 0.3 is 5.97 Å². The largest absolute Gasteiger partial charge is 0.459 e. The molecular formula is C18H30O5. The minimum Gasteiger partial charge on any atom is -0.459 e. The van der Waals surface area contributed by atoms with Crippen molar-refractivity contribution in [2.24, 2.45) is 5.41 Å². The van der Waals surface area contributed by atoms with Crippen LogP contribution in [0.3, 0.4) is 0 Å². The first-order valence-corrected chi connectivity index (χ1v) is 9.11. The molecule has 1 spiro atoms. The van der Waals surface area contributed by atoms with Gasteiger partial charge in [0.05, 0.1) is 17.6 Å². The van der Waals surface area contributed by atoms with Gasteiger partial charge in [0.25, 0.3) is 0 Å². The minimum atomic E-state index is -0.577. The van der Waals surface area contributed by atoms with Gasteiger partial charge in [-0.2, -0.15) is 0 Å². The number of aliphatic hydroxyl groups is 1. The minimum absolute atomic E-state index is 0.157. The van der Waals surface area contributed by atoms with Crippen molar-refractivity contribution < 1.29 is 24.1 Å². The van der Waals surface area contributed by atoms with Crippen molar-refractivity contribution in [2.45, 2.75) is 102 Å². The fraction of sp³-hybridized carbons (Fsp3) is 0.944. The lowest BCUT2D eigenvalue weighted by Crippen LogP contribution is -2.37. The Morgan fingerprint density at radius 1 is 1.30 bits per heavy atom. The number of ether oxygens (including phenoxy) is 3. The average Bonchev–Trinajstić information content (AvgIpc) is 3.13. The molecule has 5 nitrogen and oxygen atoms in total. The summed E-state index contributed by atoms with van der Waals surface area (Å²) >= 11 is 0. The second-order valence-electron chi connectivity index (χ2n) is 7.94. The van der Waals surface area contributed by atoms with E-state index >= 15 is 0 Å². The average molecular weight is 326 g/mol. The van der Waals surface area contributed by atoms with Gasteiger partial charge in [-0.3, -0.25) is 4.79 Å². The summed E-state index contributed by atoms with van der Waals surface area (Å²) in [6.07, 6.45) is 7.10. The first-order chi connectivity index (χ1) is 10.9. The molecule has 1 N–H and O–H groups in total. The lowest BCUT2D eigenvalue weighted by atomic mass is 9.87. The molecule has 3 saturated heterocycles. The molecule has 3 aliphatic rings. The summed E-state index contributed by atoms with van der Waals surface area (Å²) in [5, 5.41) is 9.59. The molecule has 0 aliphatic carbocycles. The highest BCUT2D eigenvalue weighted by molar-refractivity contribution is 5.79. The van der Waals surface area contributed by atoms with Gasteiger partial charge < -0.3 is 19.3 Å². The zero-order chi connectivity index (χ0) is 16.7. The van der Waals surface area contributed by atoms with E-state index in [1.807, 2.05) is 20.8 Å². The summed E-state index contributed by atoms with van der Waals surface area (Å²) in [4.78, 5) is 11.9. The molecule has 0 aromatic rings. The Kier molecular flexibility index (Phi) is 4.73. The maximum atomic E-state index is 11.9. The summed E-state index contributed by atoms with van der Waals surface area (Å²) in [5.41, 5.74) is -0.577. The highest BCUT2D eigenvalue weighted by atomic mass is 16.7. The van der Waals surface area contributed by atoms with Crippen molar-refractivity contribution in [2.75, 3.05) is 0 Å². The Bertz CT molecular complexity index is 449. The summed E-state index contributed by atoms with van der Waals surface area (Å²) in [6.45, 7) is 5.80. The number of aliphatic hydroxyl groups excluding tert-OH is 1. The van der Waals surface area contributed by atoms with Gasteiger partial charge in [0.2, 0.25) is 0 Å². The van der Waals surface area contributed by atoms with Crippen molar-refractivity contribution in [1.82, 2.24) is 0 Å². The van der Waals surface area contributed by atoms with Crippen LogP contribution < -0.4 is 0 Å². The Morgan fingerprint density at radius 2 is 2.09 bits per heavy atom. The van der Waals surface area contributed by atoms with Gasteiger partial charge in [0.1, 0.15) is 12.2 Å². The number of hydrogen-bond acceptors (Lipinski definition) is 5. The Hall–Kier alpha value is -0.650. The van der Waals surface area contributed by atoms with Crippen molar-refractivity contribution in [1.29, 1.82) is 0 Å². The predicted octanol–water partition coefficient (Wildman–Crippen LogP) is 2.93. The molecule has 0 bridgehead atoms. The quantitative estimate of drug-likeness (QED) is 0.600. The zero-order valence-electron chi connectivity index (χ0n) is 14.5. The molecule has 3 rings (SSSR count). The number of hydrogen-bond donors (Lipinski definition) is 1. The summed E-state index contributed by atoms with van der Waals surface area (Å²) in [5.74, 6) is -0.702. The van der Waals surface area contributed by atoms with Crippen LogP contribution in [0, 0.1) is 5.41 Å². The van der Waals surface area contributed by atoms with Crippen LogP contribution in [0.5, 0.6) is 0 Å². The van der Waals surface area contributed by atoms with Crippen LogP contribution in [0.25, 0.3) is 0 Å². The number of esters is 1. The molecule has 0 amide bonds. The van der Waals surface area contributed by atoms with Gasteiger partial charge in [-0.25, -0.2) is 0 Å². The van der Waals surface area contributed by atoms with Gasteiger partial charge in [-0.05, 0) is 39.5 Å². The summed E-state index contributed by atoms with van der Waals surface area (Å²) < 4.78 is 17.9. The second kappa shape index (κ2) is 6.34. The Balaban J connectivity index is 1.46. The Labute approximate surface area is 138 Å².